The number of nitrogens with zero attached hydrogens (tertiary/aromatic N) is 2. The molecule has 1 aromatic heterocycles. The van der Waals surface area contributed by atoms with Gasteiger partial charge in [-0.3, -0.25) is 19.0 Å². The van der Waals surface area contributed by atoms with Crippen LogP contribution in [0, 0.1) is 0 Å². The average Bonchev–Trinajstić information content (AvgIpc) is 2.78. The Hall–Kier alpha value is -3.48. The van der Waals surface area contributed by atoms with Gasteiger partial charge in [0, 0.05) is 25.9 Å². The van der Waals surface area contributed by atoms with E-state index in [1.807, 2.05) is 37.3 Å². The molecule has 2 N–H and O–H groups in total. The van der Waals surface area contributed by atoms with Crippen LogP contribution >= 0.6 is 0 Å². The van der Waals surface area contributed by atoms with Crippen molar-refractivity contribution in [2.45, 2.75) is 45.2 Å². The summed E-state index contributed by atoms with van der Waals surface area (Å²) in [4.78, 5) is 41.7. The average molecular weight is 421 g/mol. The summed E-state index contributed by atoms with van der Waals surface area (Å²) in [7, 11) is 1.55. The van der Waals surface area contributed by atoms with Crippen molar-refractivity contribution < 1.29 is 9.59 Å². The first-order valence-corrected chi connectivity index (χ1v) is 10.5. The van der Waals surface area contributed by atoms with Crippen LogP contribution in [0.15, 0.2) is 59.4 Å². The van der Waals surface area contributed by atoms with Crippen LogP contribution in [0.2, 0.25) is 0 Å². The first kappa shape index (κ1) is 22.2. The standard InChI is InChI=1S/C24H28N4O3/c1-17(12-13-18-8-4-3-5-9-18)26-23(30)16-28-21-11-7-6-10-19(21)27-20(24(28)31)14-15-22(29)25-2/h3-11,17H,12-16H2,1-2H3,(H,25,29)(H,26,30)/t17-/m0/s1. The van der Waals surface area contributed by atoms with Gasteiger partial charge in [0.15, 0.2) is 0 Å². The third kappa shape index (κ3) is 6.01. The summed E-state index contributed by atoms with van der Waals surface area (Å²) in [6.07, 6.45) is 2.06. The number of carbonyl (C=O) groups excluding carboxylic acids is 2. The molecule has 0 saturated heterocycles. The molecule has 1 heterocycles. The summed E-state index contributed by atoms with van der Waals surface area (Å²) in [5.74, 6) is -0.387. The van der Waals surface area contributed by atoms with E-state index in [-0.39, 0.29) is 48.5 Å². The molecule has 2 aromatic carbocycles. The number of hydrogen-bond acceptors (Lipinski definition) is 4. The molecule has 2 amide bonds. The third-order valence-corrected chi connectivity index (χ3v) is 5.21. The van der Waals surface area contributed by atoms with Gasteiger partial charge in [-0.25, -0.2) is 4.98 Å². The topological polar surface area (TPSA) is 93.1 Å². The van der Waals surface area contributed by atoms with Crippen LogP contribution in [0.5, 0.6) is 0 Å². The minimum Gasteiger partial charge on any atom is -0.359 e. The number of aryl methyl sites for hydroxylation is 2. The molecule has 0 unspecified atom stereocenters. The summed E-state index contributed by atoms with van der Waals surface area (Å²) >= 11 is 0. The number of benzene rings is 2. The van der Waals surface area contributed by atoms with Crippen molar-refractivity contribution in [2.75, 3.05) is 7.05 Å². The molecule has 0 aliphatic carbocycles. The van der Waals surface area contributed by atoms with Crippen LogP contribution in [0.4, 0.5) is 0 Å². The summed E-state index contributed by atoms with van der Waals surface area (Å²) in [6, 6.07) is 17.3. The van der Waals surface area contributed by atoms with E-state index in [1.165, 1.54) is 10.1 Å². The van der Waals surface area contributed by atoms with E-state index in [0.29, 0.717) is 11.0 Å². The normalized spacial score (nSPS) is 11.8. The molecule has 162 valence electrons. The molecule has 1 atom stereocenters. The van der Waals surface area contributed by atoms with Gasteiger partial charge in [0.1, 0.15) is 12.2 Å². The summed E-state index contributed by atoms with van der Waals surface area (Å²) in [6.45, 7) is 1.87. The van der Waals surface area contributed by atoms with Gasteiger partial charge in [-0.05, 0) is 37.5 Å². The van der Waals surface area contributed by atoms with E-state index in [0.717, 1.165) is 12.8 Å². The van der Waals surface area contributed by atoms with Gasteiger partial charge in [0.25, 0.3) is 5.56 Å². The Morgan fingerprint density at radius 1 is 1.00 bits per heavy atom. The van der Waals surface area contributed by atoms with Gasteiger partial charge < -0.3 is 10.6 Å². The van der Waals surface area contributed by atoms with Crippen LogP contribution in [0.3, 0.4) is 0 Å². The maximum Gasteiger partial charge on any atom is 0.273 e. The molecular weight excluding hydrogens is 392 g/mol. The molecule has 3 aromatic rings. The number of rotatable bonds is 9. The number of para-hydroxylation sites is 2. The highest BCUT2D eigenvalue weighted by molar-refractivity contribution is 5.80. The maximum atomic E-state index is 13.0. The molecule has 0 radical (unpaired) electrons. The van der Waals surface area contributed by atoms with E-state index >= 15 is 0 Å². The van der Waals surface area contributed by atoms with Gasteiger partial charge in [-0.1, -0.05) is 42.5 Å². The zero-order chi connectivity index (χ0) is 22.2. The highest BCUT2D eigenvalue weighted by Gasteiger charge is 2.15. The first-order chi connectivity index (χ1) is 15.0. The van der Waals surface area contributed by atoms with Crippen LogP contribution in [-0.4, -0.2) is 34.5 Å². The number of fused-ring (bicyclic) bond motifs is 1. The Balaban J connectivity index is 1.73. The van der Waals surface area contributed by atoms with Crippen LogP contribution in [0.25, 0.3) is 11.0 Å². The zero-order valence-corrected chi connectivity index (χ0v) is 17.9. The summed E-state index contributed by atoms with van der Waals surface area (Å²) in [5.41, 5.74) is 2.39. The van der Waals surface area contributed by atoms with Gasteiger partial charge in [0.05, 0.1) is 11.0 Å². The highest BCUT2D eigenvalue weighted by atomic mass is 16.2. The largest absolute Gasteiger partial charge is 0.359 e. The second kappa shape index (κ2) is 10.5. The Morgan fingerprint density at radius 3 is 2.45 bits per heavy atom. The fourth-order valence-corrected chi connectivity index (χ4v) is 3.49. The number of nitrogens with one attached hydrogen (secondary N) is 2. The molecule has 0 aliphatic rings. The van der Waals surface area contributed by atoms with Crippen molar-refractivity contribution >= 4 is 22.8 Å². The Morgan fingerprint density at radius 2 is 1.71 bits per heavy atom. The van der Waals surface area contributed by atoms with Gasteiger partial charge in [-0.2, -0.15) is 0 Å². The molecule has 0 fully saturated rings. The second-order valence-corrected chi connectivity index (χ2v) is 7.60. The molecule has 0 bridgehead atoms. The van der Waals surface area contributed by atoms with Crippen molar-refractivity contribution in [1.29, 1.82) is 0 Å². The minimum atomic E-state index is -0.338. The van der Waals surface area contributed by atoms with Crippen LogP contribution < -0.4 is 16.2 Å². The van der Waals surface area contributed by atoms with Gasteiger partial charge in [-0.15, -0.1) is 0 Å². The van der Waals surface area contributed by atoms with Crippen molar-refractivity contribution in [2.24, 2.45) is 0 Å². The number of carbonyl (C=O) groups is 2. The fraction of sp³-hybridized carbons (Fsp3) is 0.333. The van der Waals surface area contributed by atoms with Crippen molar-refractivity contribution in [3.8, 4) is 0 Å². The fourth-order valence-electron chi connectivity index (χ4n) is 3.49. The lowest BCUT2D eigenvalue weighted by molar-refractivity contribution is -0.122. The van der Waals surface area contributed by atoms with Crippen LogP contribution in [-0.2, 0) is 29.0 Å². The monoisotopic (exact) mass is 420 g/mol. The van der Waals surface area contributed by atoms with E-state index in [2.05, 4.69) is 27.8 Å². The van der Waals surface area contributed by atoms with E-state index < -0.39 is 0 Å². The molecule has 31 heavy (non-hydrogen) atoms. The molecule has 3 rings (SSSR count). The van der Waals surface area contributed by atoms with Crippen molar-refractivity contribution in [3.05, 3.63) is 76.2 Å². The van der Waals surface area contributed by atoms with Gasteiger partial charge in [0.2, 0.25) is 11.8 Å². The van der Waals surface area contributed by atoms with Crippen LogP contribution in [0.1, 0.15) is 31.0 Å². The third-order valence-electron chi connectivity index (χ3n) is 5.21. The minimum absolute atomic E-state index is 0.0239. The molecular formula is C24H28N4O3. The lowest BCUT2D eigenvalue weighted by Gasteiger charge is -2.16. The van der Waals surface area contributed by atoms with Crippen molar-refractivity contribution in [1.82, 2.24) is 20.2 Å². The quantitative estimate of drug-likeness (QED) is 0.555. The second-order valence-electron chi connectivity index (χ2n) is 7.60. The van der Waals surface area contributed by atoms with E-state index in [1.54, 1.807) is 19.2 Å². The summed E-state index contributed by atoms with van der Waals surface area (Å²) < 4.78 is 1.45. The Labute approximate surface area is 181 Å². The Kier molecular flexibility index (Phi) is 7.54. The predicted octanol–water partition coefficient (Wildman–Crippen LogP) is 2.21. The molecule has 0 aliphatic heterocycles. The maximum absolute atomic E-state index is 13.0. The number of hydrogen-bond donors (Lipinski definition) is 2. The number of aromatic nitrogens is 2. The van der Waals surface area contributed by atoms with E-state index in [9.17, 15) is 14.4 Å². The molecule has 7 heteroatoms. The SMILES string of the molecule is CNC(=O)CCc1nc2ccccc2n(CC(=O)N[C@@H](C)CCc2ccccc2)c1=O. The summed E-state index contributed by atoms with van der Waals surface area (Å²) in [5, 5.41) is 5.53. The smallest absolute Gasteiger partial charge is 0.273 e. The molecule has 0 spiro atoms. The lowest BCUT2D eigenvalue weighted by atomic mass is 10.1. The number of amides is 2. The first-order valence-electron chi connectivity index (χ1n) is 10.5. The zero-order valence-electron chi connectivity index (χ0n) is 17.9. The molecule has 7 nitrogen and oxygen atoms in total. The Bertz CT molecular complexity index is 1110. The predicted molar refractivity (Wildman–Crippen MR) is 121 cm³/mol. The highest BCUT2D eigenvalue weighted by Crippen LogP contribution is 2.11. The van der Waals surface area contributed by atoms with Gasteiger partial charge >= 0.3 is 0 Å². The van der Waals surface area contributed by atoms with E-state index in [4.69, 9.17) is 0 Å². The van der Waals surface area contributed by atoms with Crippen molar-refractivity contribution in [3.63, 3.8) is 0 Å². The molecule has 0 saturated carbocycles. The lowest BCUT2D eigenvalue weighted by Crippen LogP contribution is -2.38.